The fourth-order valence-corrected chi connectivity index (χ4v) is 0. The van der Waals surface area contributed by atoms with Gasteiger partial charge in [0.05, 0.1) is 0 Å². The average molecular weight is 153 g/mol. The molecule has 9 heavy (non-hydrogen) atoms. The Kier molecular flexibility index (Phi) is 9.29. The summed E-state index contributed by atoms with van der Waals surface area (Å²) in [6.45, 7) is 4.28. The van der Waals surface area contributed by atoms with Crippen LogP contribution in [-0.2, 0) is 13.9 Å². The van der Waals surface area contributed by atoms with E-state index in [1.165, 1.54) is 20.8 Å². The van der Waals surface area contributed by atoms with Crippen LogP contribution >= 0.6 is 11.9 Å². The normalized spacial score (nSPS) is 6.67. The van der Waals surface area contributed by atoms with Crippen LogP contribution in [0.1, 0.15) is 20.8 Å². The van der Waals surface area contributed by atoms with Crippen molar-refractivity contribution in [2.75, 3.05) is 0 Å². The van der Waals surface area contributed by atoms with Crippen molar-refractivity contribution in [2.24, 2.45) is 0 Å². The van der Waals surface area contributed by atoms with Crippen molar-refractivity contribution in [1.29, 1.82) is 0 Å². The van der Waals surface area contributed by atoms with E-state index in [-0.39, 0.29) is 5.78 Å². The number of rotatable bonds is 0. The summed E-state index contributed by atoms with van der Waals surface area (Å²) in [6, 6.07) is 0. The maximum absolute atomic E-state index is 9.46. The highest BCUT2D eigenvalue weighted by Gasteiger charge is 1.79. The zero-order valence-corrected chi connectivity index (χ0v) is 6.36. The van der Waals surface area contributed by atoms with Crippen molar-refractivity contribution in [1.82, 2.24) is 0 Å². The molecule has 0 unspecified atom stereocenters. The lowest BCUT2D eigenvalue weighted by Gasteiger charge is -1.74. The average Bonchev–Trinajstić information content (AvgIpc) is 1.65. The van der Waals surface area contributed by atoms with Crippen LogP contribution in [0.4, 0.5) is 0 Å². The lowest BCUT2D eigenvalue weighted by Crippen LogP contribution is -1.82. The smallest absolute Gasteiger partial charge is 0.321 e. The van der Waals surface area contributed by atoms with E-state index in [9.17, 15) is 9.59 Å². The van der Waals surface area contributed by atoms with E-state index in [1.807, 2.05) is 0 Å². The molecule has 54 valence electrons. The van der Waals surface area contributed by atoms with Crippen LogP contribution in [0.5, 0.6) is 0 Å². The Morgan fingerprint density at radius 2 is 1.33 bits per heavy atom. The SMILES string of the molecule is CC(=O)OCl.CC(C)=O. The number of hydrogen-bond acceptors (Lipinski definition) is 3. The summed E-state index contributed by atoms with van der Waals surface area (Å²) < 4.78 is 3.58. The standard InChI is InChI=1S/C3H6O.C2H3ClO2/c1-3(2)4;1-2(4)5-3/h1-2H3;1H3. The molecule has 0 saturated carbocycles. The first-order chi connectivity index (χ1) is 4.00. The van der Waals surface area contributed by atoms with E-state index in [0.717, 1.165) is 0 Å². The predicted molar refractivity (Wildman–Crippen MR) is 34.0 cm³/mol. The van der Waals surface area contributed by atoms with Gasteiger partial charge in [-0.05, 0) is 13.8 Å². The minimum absolute atomic E-state index is 0.167. The van der Waals surface area contributed by atoms with Gasteiger partial charge in [0.25, 0.3) is 0 Å². The summed E-state index contributed by atoms with van der Waals surface area (Å²) >= 11 is 4.49. The third-order valence-electron chi connectivity index (χ3n) is 0.109. The van der Waals surface area contributed by atoms with Crippen molar-refractivity contribution in [3.05, 3.63) is 0 Å². The Morgan fingerprint density at radius 1 is 1.22 bits per heavy atom. The fraction of sp³-hybridized carbons (Fsp3) is 0.600. The van der Waals surface area contributed by atoms with Crippen LogP contribution in [-0.4, -0.2) is 11.8 Å². The molecule has 0 rings (SSSR count). The first kappa shape index (κ1) is 11.3. The molecule has 4 heteroatoms. The molecule has 3 nitrogen and oxygen atoms in total. The van der Waals surface area contributed by atoms with Crippen LogP contribution in [0.15, 0.2) is 0 Å². The predicted octanol–water partition coefficient (Wildman–Crippen LogP) is 1.30. The zero-order chi connectivity index (χ0) is 7.86. The number of carbonyl (C=O) groups is 2. The van der Waals surface area contributed by atoms with Crippen molar-refractivity contribution in [2.45, 2.75) is 20.8 Å². The van der Waals surface area contributed by atoms with E-state index in [4.69, 9.17) is 0 Å². The minimum atomic E-state index is -0.480. The molecular formula is C5H9ClO3. The molecule has 0 radical (unpaired) electrons. The number of ketones is 1. The van der Waals surface area contributed by atoms with Gasteiger partial charge in [-0.2, -0.15) is 0 Å². The first-order valence-corrected chi connectivity index (χ1v) is 2.58. The van der Waals surface area contributed by atoms with Gasteiger partial charge in [-0.3, -0.25) is 4.79 Å². The molecule has 0 aliphatic carbocycles. The summed E-state index contributed by atoms with van der Waals surface area (Å²) in [5.74, 6) is -0.313. The van der Waals surface area contributed by atoms with Gasteiger partial charge in [0, 0.05) is 6.92 Å². The molecular weight excluding hydrogens is 144 g/mol. The Morgan fingerprint density at radius 3 is 1.33 bits per heavy atom. The van der Waals surface area contributed by atoms with Gasteiger partial charge < -0.3 is 9.08 Å². The first-order valence-electron chi connectivity index (χ1n) is 2.27. The molecule has 0 N–H and O–H groups in total. The second-order valence-corrected chi connectivity index (χ2v) is 1.63. The van der Waals surface area contributed by atoms with Gasteiger partial charge >= 0.3 is 5.97 Å². The molecule has 0 atom stereocenters. The molecule has 0 spiro atoms. The van der Waals surface area contributed by atoms with Crippen LogP contribution in [0.2, 0.25) is 0 Å². The maximum Gasteiger partial charge on any atom is 0.321 e. The Labute approximate surface area is 59.1 Å². The number of carbonyl (C=O) groups excluding carboxylic acids is 2. The topological polar surface area (TPSA) is 43.4 Å². The fourth-order valence-electron chi connectivity index (χ4n) is 0. The summed E-state index contributed by atoms with van der Waals surface area (Å²) in [7, 11) is 0. The van der Waals surface area contributed by atoms with E-state index in [2.05, 4.69) is 16.2 Å². The summed E-state index contributed by atoms with van der Waals surface area (Å²) in [5, 5.41) is 0. The Balaban J connectivity index is 0. The largest absolute Gasteiger partial charge is 0.348 e. The van der Waals surface area contributed by atoms with Gasteiger partial charge in [-0.1, -0.05) is 0 Å². The van der Waals surface area contributed by atoms with Crippen molar-refractivity contribution in [3.8, 4) is 0 Å². The Hall–Kier alpha value is -0.570. The molecule has 0 aliphatic rings. The molecule has 0 aromatic carbocycles. The van der Waals surface area contributed by atoms with Crippen molar-refractivity contribution in [3.63, 3.8) is 0 Å². The molecule has 0 heterocycles. The second-order valence-electron chi connectivity index (χ2n) is 1.48. The minimum Gasteiger partial charge on any atom is -0.348 e. The lowest BCUT2D eigenvalue weighted by molar-refractivity contribution is -0.131. The molecule has 0 aliphatic heterocycles. The number of Topliss-reactive ketones (excluding diaryl/α,β-unsaturated/α-hetero) is 1. The van der Waals surface area contributed by atoms with Gasteiger partial charge in [0.15, 0.2) is 0 Å². The van der Waals surface area contributed by atoms with Crippen LogP contribution in [0.3, 0.4) is 0 Å². The number of halogens is 1. The zero-order valence-electron chi connectivity index (χ0n) is 5.60. The van der Waals surface area contributed by atoms with Crippen LogP contribution in [0, 0.1) is 0 Å². The van der Waals surface area contributed by atoms with Crippen LogP contribution < -0.4 is 0 Å². The van der Waals surface area contributed by atoms with Gasteiger partial charge in [0.1, 0.15) is 17.6 Å². The molecule has 0 aromatic rings. The molecule has 0 amide bonds. The Bertz CT molecular complexity index is 96.4. The quantitative estimate of drug-likeness (QED) is 0.526. The van der Waals surface area contributed by atoms with E-state index in [1.54, 1.807) is 0 Å². The monoisotopic (exact) mass is 152 g/mol. The van der Waals surface area contributed by atoms with E-state index < -0.39 is 5.97 Å². The van der Waals surface area contributed by atoms with E-state index in [0.29, 0.717) is 0 Å². The lowest BCUT2D eigenvalue weighted by atomic mass is 10.6. The molecule has 0 bridgehead atoms. The number of hydrogen-bond donors (Lipinski definition) is 0. The molecule has 0 fully saturated rings. The van der Waals surface area contributed by atoms with Gasteiger partial charge in [-0.15, -0.1) is 0 Å². The third-order valence-corrected chi connectivity index (χ3v) is 0.326. The summed E-state index contributed by atoms with van der Waals surface area (Å²) in [6.07, 6.45) is 0. The summed E-state index contributed by atoms with van der Waals surface area (Å²) in [4.78, 5) is 18.9. The summed E-state index contributed by atoms with van der Waals surface area (Å²) in [5.41, 5.74) is 0. The molecule has 0 saturated heterocycles. The molecule has 0 aromatic heterocycles. The van der Waals surface area contributed by atoms with Crippen molar-refractivity contribution < 1.29 is 13.9 Å². The maximum atomic E-state index is 9.46. The van der Waals surface area contributed by atoms with E-state index >= 15 is 0 Å². The third kappa shape index (κ3) is 107. The highest BCUT2D eigenvalue weighted by Crippen LogP contribution is 1.75. The second kappa shape index (κ2) is 7.43. The van der Waals surface area contributed by atoms with Crippen molar-refractivity contribution >= 4 is 23.6 Å². The van der Waals surface area contributed by atoms with Gasteiger partial charge in [-0.25, -0.2) is 0 Å². The van der Waals surface area contributed by atoms with Gasteiger partial charge in [0.2, 0.25) is 0 Å². The highest BCUT2D eigenvalue weighted by atomic mass is 35.5. The van der Waals surface area contributed by atoms with Crippen LogP contribution in [0.25, 0.3) is 0 Å². The highest BCUT2D eigenvalue weighted by molar-refractivity contribution is 6.12.